The number of unbranched alkanes of at least 4 members (excludes halogenated alkanes) is 1. The predicted molar refractivity (Wildman–Crippen MR) is 105 cm³/mol. The highest BCUT2D eigenvalue weighted by Crippen LogP contribution is 2.39. The fraction of sp³-hybridized carbons (Fsp3) is 0.850. The van der Waals surface area contributed by atoms with Crippen LogP contribution in [0.5, 0.6) is 0 Å². The minimum atomic E-state index is -0.943. The van der Waals surface area contributed by atoms with E-state index in [4.69, 9.17) is 19.3 Å². The lowest BCUT2D eigenvalue weighted by molar-refractivity contribution is -0.260. The number of aliphatic hydroxyl groups excluding tert-OH is 3. The van der Waals surface area contributed by atoms with Gasteiger partial charge in [0.2, 0.25) is 0 Å². The van der Waals surface area contributed by atoms with E-state index in [-0.39, 0.29) is 31.0 Å². The molecule has 3 rings (SSSR count). The van der Waals surface area contributed by atoms with Crippen molar-refractivity contribution in [3.05, 3.63) is 11.1 Å². The molecule has 0 spiro atoms. The van der Waals surface area contributed by atoms with Gasteiger partial charge >= 0.3 is 0 Å². The molecule has 0 unspecified atom stereocenters. The number of ketones is 1. The zero-order chi connectivity index (χ0) is 20.3. The van der Waals surface area contributed by atoms with E-state index >= 15 is 0 Å². The van der Waals surface area contributed by atoms with Crippen LogP contribution in [-0.2, 0) is 19.0 Å². The molecule has 8 atom stereocenters. The number of ether oxygens (including phenoxy) is 3. The monoisotopic (exact) mass is 462 g/mol. The Kier molecular flexibility index (Phi) is 8.06. The molecule has 3 heterocycles. The van der Waals surface area contributed by atoms with Gasteiger partial charge in [0.05, 0.1) is 18.3 Å². The summed E-state index contributed by atoms with van der Waals surface area (Å²) in [5.74, 6) is 0.0362. The van der Waals surface area contributed by atoms with E-state index in [2.05, 4.69) is 22.5 Å². The van der Waals surface area contributed by atoms with Gasteiger partial charge in [-0.2, -0.15) is 0 Å². The molecule has 28 heavy (non-hydrogen) atoms. The van der Waals surface area contributed by atoms with Gasteiger partial charge in [0, 0.05) is 19.4 Å². The van der Waals surface area contributed by atoms with Crippen LogP contribution < -0.4 is 0 Å². The Bertz CT molecular complexity index is 557. The summed E-state index contributed by atoms with van der Waals surface area (Å²) in [7, 11) is 0. The molecular weight excluding hydrogens is 432 g/mol. The van der Waals surface area contributed by atoms with Crippen LogP contribution in [0.3, 0.4) is 0 Å². The molecular formula is C20H31BrO7. The molecule has 0 saturated carbocycles. The van der Waals surface area contributed by atoms with E-state index in [9.17, 15) is 15.0 Å². The van der Waals surface area contributed by atoms with Gasteiger partial charge in [-0.1, -0.05) is 22.5 Å². The van der Waals surface area contributed by atoms with E-state index in [0.717, 1.165) is 30.2 Å². The van der Waals surface area contributed by atoms with Crippen molar-refractivity contribution in [3.63, 3.8) is 0 Å². The minimum absolute atomic E-state index is 0.0359. The Morgan fingerprint density at radius 1 is 1.00 bits per heavy atom. The molecule has 0 aliphatic carbocycles. The third-order valence-corrected chi connectivity index (χ3v) is 6.30. The van der Waals surface area contributed by atoms with E-state index in [1.807, 2.05) is 0 Å². The number of hydrogen-bond acceptors (Lipinski definition) is 7. The minimum Gasteiger partial charge on any atom is -0.396 e. The zero-order valence-corrected chi connectivity index (χ0v) is 17.6. The molecule has 3 aliphatic rings. The van der Waals surface area contributed by atoms with Crippen LogP contribution in [0.2, 0.25) is 0 Å². The Morgan fingerprint density at radius 3 is 2.43 bits per heavy atom. The quantitative estimate of drug-likeness (QED) is 0.446. The Balaban J connectivity index is 1.52. The molecule has 0 aromatic rings. The van der Waals surface area contributed by atoms with E-state index < -0.39 is 36.6 Å². The molecule has 0 aromatic carbocycles. The van der Waals surface area contributed by atoms with Crippen LogP contribution in [-0.4, -0.2) is 76.5 Å². The maximum absolute atomic E-state index is 12.3. The third-order valence-electron chi connectivity index (χ3n) is 5.90. The molecule has 7 nitrogen and oxygen atoms in total. The summed E-state index contributed by atoms with van der Waals surface area (Å²) in [5, 5.41) is 30.5. The molecule has 3 N–H and O–H groups in total. The summed E-state index contributed by atoms with van der Waals surface area (Å²) in [6.45, 7) is 3.81. The number of Topliss-reactive ketones (excluding diaryl/α,β-unsaturated/α-hetero) is 1. The number of carbonyl (C=O) groups is 1. The highest BCUT2D eigenvalue weighted by atomic mass is 79.9. The summed E-state index contributed by atoms with van der Waals surface area (Å²) in [5.41, 5.74) is 0. The number of aliphatic hydroxyl groups is 3. The molecule has 3 aliphatic heterocycles. The third kappa shape index (κ3) is 5.22. The first-order valence-electron chi connectivity index (χ1n) is 10.2. The largest absolute Gasteiger partial charge is 0.396 e. The SMILES string of the molecule is C=C(Br)CCCCC(=O)C[C@H]1O[C@H]2[C@@H](O)[C@H]3O[C@@H](CCO)CC[C@@H]3O[C@H]2[C@H]1O. The average Bonchev–Trinajstić information content (AvgIpc) is 2.96. The van der Waals surface area contributed by atoms with Crippen molar-refractivity contribution in [2.75, 3.05) is 6.61 Å². The van der Waals surface area contributed by atoms with Crippen molar-refractivity contribution in [1.82, 2.24) is 0 Å². The second-order valence-electron chi connectivity index (χ2n) is 8.04. The van der Waals surface area contributed by atoms with Gasteiger partial charge in [-0.25, -0.2) is 0 Å². The van der Waals surface area contributed by atoms with Crippen LogP contribution in [0.15, 0.2) is 11.1 Å². The summed E-state index contributed by atoms with van der Waals surface area (Å²) in [4.78, 5) is 12.3. The molecule has 0 amide bonds. The standard InChI is InChI=1S/C20H31BrO7/c1-11(21)4-2-3-5-12(23)10-15-16(24)19-20(28-15)17(25)18-14(27-19)7-6-13(26-18)8-9-22/h13-20,22,24-25H,1-10H2/t13-,14+,15-,16+,17+,18+,19+,20+/m1/s1. The maximum Gasteiger partial charge on any atom is 0.135 e. The van der Waals surface area contributed by atoms with Crippen molar-refractivity contribution in [2.24, 2.45) is 0 Å². The second kappa shape index (κ2) is 10.1. The summed E-state index contributed by atoms with van der Waals surface area (Å²) in [6.07, 6.45) is 0.137. The lowest BCUT2D eigenvalue weighted by atomic mass is 9.88. The second-order valence-corrected chi connectivity index (χ2v) is 9.16. The fourth-order valence-electron chi connectivity index (χ4n) is 4.42. The van der Waals surface area contributed by atoms with Gasteiger partial charge in [-0.05, 0) is 43.0 Å². The number of rotatable bonds is 9. The van der Waals surface area contributed by atoms with Crippen molar-refractivity contribution in [3.8, 4) is 0 Å². The lowest BCUT2D eigenvalue weighted by Gasteiger charge is -2.46. The first kappa shape index (κ1) is 22.3. The van der Waals surface area contributed by atoms with Crippen molar-refractivity contribution in [1.29, 1.82) is 0 Å². The van der Waals surface area contributed by atoms with Gasteiger partial charge in [0.1, 0.15) is 36.3 Å². The summed E-state index contributed by atoms with van der Waals surface area (Å²) >= 11 is 3.31. The highest BCUT2D eigenvalue weighted by Gasteiger charge is 2.56. The smallest absolute Gasteiger partial charge is 0.135 e. The van der Waals surface area contributed by atoms with E-state index in [0.29, 0.717) is 19.3 Å². The van der Waals surface area contributed by atoms with Crippen LogP contribution in [0.4, 0.5) is 0 Å². The number of allylic oxidation sites excluding steroid dienone is 1. The van der Waals surface area contributed by atoms with Crippen molar-refractivity contribution >= 4 is 21.7 Å². The molecule has 8 heteroatoms. The summed E-state index contributed by atoms with van der Waals surface area (Å²) in [6, 6.07) is 0. The average molecular weight is 463 g/mol. The first-order valence-corrected chi connectivity index (χ1v) is 11.0. The molecule has 3 fully saturated rings. The molecule has 0 aromatic heterocycles. The number of carbonyl (C=O) groups excluding carboxylic acids is 1. The highest BCUT2D eigenvalue weighted by molar-refractivity contribution is 9.11. The van der Waals surface area contributed by atoms with Gasteiger partial charge in [0.25, 0.3) is 0 Å². The Hall–Kier alpha value is -0.350. The van der Waals surface area contributed by atoms with Crippen LogP contribution in [0.25, 0.3) is 0 Å². The molecule has 160 valence electrons. The molecule has 0 radical (unpaired) electrons. The molecule has 3 saturated heterocycles. The van der Waals surface area contributed by atoms with Gasteiger partial charge in [-0.15, -0.1) is 0 Å². The predicted octanol–water partition coefficient (Wildman–Crippen LogP) is 1.60. The van der Waals surface area contributed by atoms with Crippen molar-refractivity contribution in [2.45, 2.75) is 100 Å². The number of fused-ring (bicyclic) bond motifs is 2. The van der Waals surface area contributed by atoms with E-state index in [1.165, 1.54) is 0 Å². The summed E-state index contributed by atoms with van der Waals surface area (Å²) < 4.78 is 18.7. The number of halogens is 1. The van der Waals surface area contributed by atoms with Crippen molar-refractivity contribution < 1.29 is 34.3 Å². The van der Waals surface area contributed by atoms with Crippen LogP contribution in [0.1, 0.15) is 51.4 Å². The number of hydrogen-bond donors (Lipinski definition) is 3. The molecule has 0 bridgehead atoms. The maximum atomic E-state index is 12.3. The lowest BCUT2D eigenvalue weighted by Crippen LogP contribution is -2.61. The van der Waals surface area contributed by atoms with E-state index in [1.54, 1.807) is 0 Å². The van der Waals surface area contributed by atoms with Crippen LogP contribution in [0, 0.1) is 0 Å². The first-order chi connectivity index (χ1) is 13.4. The van der Waals surface area contributed by atoms with Gasteiger partial charge < -0.3 is 29.5 Å². The Morgan fingerprint density at radius 2 is 1.71 bits per heavy atom. The van der Waals surface area contributed by atoms with Gasteiger partial charge in [-0.3, -0.25) is 4.79 Å². The fourth-order valence-corrected chi connectivity index (χ4v) is 4.70. The van der Waals surface area contributed by atoms with Gasteiger partial charge in [0.15, 0.2) is 0 Å². The normalized spacial score (nSPS) is 40.0. The topological polar surface area (TPSA) is 105 Å². The Labute approximate surface area is 174 Å². The van der Waals surface area contributed by atoms with Crippen LogP contribution >= 0.6 is 15.9 Å². The zero-order valence-electron chi connectivity index (χ0n) is 16.0.